The van der Waals surface area contributed by atoms with Gasteiger partial charge in [0.05, 0.1) is 5.69 Å². The van der Waals surface area contributed by atoms with Gasteiger partial charge in [-0.15, -0.1) is 0 Å². The molecule has 3 heteroatoms. The second-order valence-corrected chi connectivity index (χ2v) is 7.44. The third kappa shape index (κ3) is 2.62. The number of hydrogen-bond donors (Lipinski definition) is 1. The van der Waals surface area contributed by atoms with Crippen molar-refractivity contribution < 1.29 is 0 Å². The molecule has 1 aromatic carbocycles. The molecule has 0 spiro atoms. The highest BCUT2D eigenvalue weighted by Crippen LogP contribution is 2.35. The summed E-state index contributed by atoms with van der Waals surface area (Å²) in [6.07, 6.45) is 4.92. The first kappa shape index (κ1) is 14.3. The molecule has 2 N–H and O–H groups in total. The predicted molar refractivity (Wildman–Crippen MR) is 86.2 cm³/mol. The zero-order valence-electron chi connectivity index (χ0n) is 13.5. The van der Waals surface area contributed by atoms with E-state index in [9.17, 15) is 0 Å². The van der Waals surface area contributed by atoms with Crippen molar-refractivity contribution in [2.24, 2.45) is 12.8 Å². The average Bonchev–Trinajstić information content (AvgIpc) is 2.77. The Balaban J connectivity index is 1.97. The van der Waals surface area contributed by atoms with Crippen molar-refractivity contribution in [1.82, 2.24) is 9.78 Å². The van der Waals surface area contributed by atoms with Gasteiger partial charge < -0.3 is 5.73 Å². The molecule has 1 unspecified atom stereocenters. The third-order valence-electron chi connectivity index (χ3n) is 4.61. The maximum atomic E-state index is 6.78. The molecule has 0 saturated carbocycles. The van der Waals surface area contributed by atoms with Crippen molar-refractivity contribution in [1.29, 1.82) is 0 Å². The zero-order valence-corrected chi connectivity index (χ0v) is 13.5. The standard InChI is InChI=1S/C18H25N3/c1-17(2,3)14-6-5-7-15(10-14)18(19)9-8-16-13(11-18)12-21(4)20-16/h5-7,10,12H,8-9,11,19H2,1-4H3. The second-order valence-electron chi connectivity index (χ2n) is 7.44. The van der Waals surface area contributed by atoms with Crippen LogP contribution in [0.2, 0.25) is 0 Å². The van der Waals surface area contributed by atoms with Gasteiger partial charge >= 0.3 is 0 Å². The van der Waals surface area contributed by atoms with Crippen LogP contribution in [0.15, 0.2) is 30.5 Å². The van der Waals surface area contributed by atoms with Gasteiger partial charge in [-0.2, -0.15) is 5.10 Å². The van der Waals surface area contributed by atoms with Gasteiger partial charge in [0.15, 0.2) is 0 Å². The summed E-state index contributed by atoms with van der Waals surface area (Å²) in [5.41, 5.74) is 11.8. The molecule has 0 bridgehead atoms. The molecule has 1 heterocycles. The van der Waals surface area contributed by atoms with Crippen LogP contribution in [-0.2, 0) is 30.8 Å². The summed E-state index contributed by atoms with van der Waals surface area (Å²) in [4.78, 5) is 0. The Morgan fingerprint density at radius 2 is 2.05 bits per heavy atom. The highest BCUT2D eigenvalue weighted by Gasteiger charge is 2.34. The van der Waals surface area contributed by atoms with E-state index in [0.717, 1.165) is 19.3 Å². The smallest absolute Gasteiger partial charge is 0.0658 e. The van der Waals surface area contributed by atoms with Gasteiger partial charge in [-0.1, -0.05) is 45.0 Å². The number of aryl methyl sites for hydroxylation is 2. The molecular weight excluding hydrogens is 258 g/mol. The molecule has 1 atom stereocenters. The molecule has 0 radical (unpaired) electrons. The topological polar surface area (TPSA) is 43.8 Å². The molecule has 0 amide bonds. The van der Waals surface area contributed by atoms with Crippen LogP contribution in [0, 0.1) is 0 Å². The average molecular weight is 283 g/mol. The zero-order chi connectivity index (χ0) is 15.3. The van der Waals surface area contributed by atoms with Crippen LogP contribution in [-0.4, -0.2) is 9.78 Å². The highest BCUT2D eigenvalue weighted by molar-refractivity contribution is 5.37. The molecule has 0 fully saturated rings. The fourth-order valence-electron chi connectivity index (χ4n) is 3.25. The number of aromatic nitrogens is 2. The van der Waals surface area contributed by atoms with E-state index >= 15 is 0 Å². The van der Waals surface area contributed by atoms with Crippen LogP contribution in [0.25, 0.3) is 0 Å². The summed E-state index contributed by atoms with van der Waals surface area (Å²) in [6, 6.07) is 8.81. The van der Waals surface area contributed by atoms with Gasteiger partial charge in [-0.05, 0) is 41.4 Å². The fourth-order valence-corrected chi connectivity index (χ4v) is 3.25. The fraction of sp³-hybridized carbons (Fsp3) is 0.500. The van der Waals surface area contributed by atoms with Gasteiger partial charge in [-0.25, -0.2) is 0 Å². The lowest BCUT2D eigenvalue weighted by Gasteiger charge is -2.34. The molecule has 1 aliphatic rings. The molecular formula is C18H25N3. The largest absolute Gasteiger partial charge is 0.321 e. The van der Waals surface area contributed by atoms with Gasteiger partial charge in [0.2, 0.25) is 0 Å². The van der Waals surface area contributed by atoms with Crippen LogP contribution < -0.4 is 5.73 Å². The van der Waals surface area contributed by atoms with Crippen LogP contribution in [0.4, 0.5) is 0 Å². The van der Waals surface area contributed by atoms with E-state index in [1.54, 1.807) is 0 Å². The minimum atomic E-state index is -0.267. The van der Waals surface area contributed by atoms with Crippen molar-refractivity contribution >= 4 is 0 Å². The van der Waals surface area contributed by atoms with Crippen molar-refractivity contribution in [2.75, 3.05) is 0 Å². The van der Waals surface area contributed by atoms with E-state index in [2.05, 4.69) is 56.3 Å². The molecule has 3 rings (SSSR count). The van der Waals surface area contributed by atoms with E-state index in [1.165, 1.54) is 22.4 Å². The molecule has 21 heavy (non-hydrogen) atoms. The number of hydrogen-bond acceptors (Lipinski definition) is 2. The molecule has 1 aliphatic carbocycles. The first-order chi connectivity index (χ1) is 9.78. The van der Waals surface area contributed by atoms with Crippen LogP contribution >= 0.6 is 0 Å². The first-order valence-electron chi connectivity index (χ1n) is 7.69. The summed E-state index contributed by atoms with van der Waals surface area (Å²) in [5.74, 6) is 0. The Morgan fingerprint density at radius 1 is 1.29 bits per heavy atom. The first-order valence-corrected chi connectivity index (χ1v) is 7.69. The number of rotatable bonds is 1. The molecule has 2 aromatic rings. The Morgan fingerprint density at radius 3 is 2.76 bits per heavy atom. The van der Waals surface area contributed by atoms with E-state index in [1.807, 2.05) is 11.7 Å². The predicted octanol–water partition coefficient (Wildman–Crippen LogP) is 3.06. The van der Waals surface area contributed by atoms with E-state index in [4.69, 9.17) is 5.73 Å². The Hall–Kier alpha value is -1.61. The summed E-state index contributed by atoms with van der Waals surface area (Å²) in [7, 11) is 1.98. The maximum absolute atomic E-state index is 6.78. The summed E-state index contributed by atoms with van der Waals surface area (Å²) in [5, 5.41) is 4.53. The number of nitrogens with zero attached hydrogens (tertiary/aromatic N) is 2. The summed E-state index contributed by atoms with van der Waals surface area (Å²) >= 11 is 0. The highest BCUT2D eigenvalue weighted by atomic mass is 15.3. The van der Waals surface area contributed by atoms with Crippen molar-refractivity contribution in [3.8, 4) is 0 Å². The van der Waals surface area contributed by atoms with Crippen molar-refractivity contribution in [3.63, 3.8) is 0 Å². The lowest BCUT2D eigenvalue weighted by molar-refractivity contribution is 0.382. The van der Waals surface area contributed by atoms with Gasteiger partial charge in [-0.3, -0.25) is 4.68 Å². The summed E-state index contributed by atoms with van der Waals surface area (Å²) < 4.78 is 1.90. The summed E-state index contributed by atoms with van der Waals surface area (Å²) in [6.45, 7) is 6.74. The van der Waals surface area contributed by atoms with E-state index < -0.39 is 0 Å². The second kappa shape index (κ2) is 4.70. The number of fused-ring (bicyclic) bond motifs is 1. The number of nitrogens with two attached hydrogens (primary N) is 1. The third-order valence-corrected chi connectivity index (χ3v) is 4.61. The van der Waals surface area contributed by atoms with E-state index in [0.29, 0.717) is 0 Å². The minimum Gasteiger partial charge on any atom is -0.321 e. The van der Waals surface area contributed by atoms with Crippen molar-refractivity contribution in [3.05, 3.63) is 52.8 Å². The van der Waals surface area contributed by atoms with E-state index in [-0.39, 0.29) is 11.0 Å². The van der Waals surface area contributed by atoms with Crippen LogP contribution in [0.1, 0.15) is 49.6 Å². The Bertz CT molecular complexity index is 663. The lowest BCUT2D eigenvalue weighted by Crippen LogP contribution is -2.42. The Kier molecular flexibility index (Phi) is 3.21. The van der Waals surface area contributed by atoms with Crippen LogP contribution in [0.5, 0.6) is 0 Å². The molecule has 0 aliphatic heterocycles. The molecule has 112 valence electrons. The lowest BCUT2D eigenvalue weighted by atomic mass is 9.75. The molecule has 0 saturated heterocycles. The minimum absolute atomic E-state index is 0.153. The van der Waals surface area contributed by atoms with Gasteiger partial charge in [0.1, 0.15) is 0 Å². The SMILES string of the molecule is Cn1cc2c(n1)CCC(N)(c1cccc(C(C)(C)C)c1)C2. The van der Waals surface area contributed by atoms with Crippen molar-refractivity contribution in [2.45, 2.75) is 51.0 Å². The molecule has 3 nitrogen and oxygen atoms in total. The molecule has 1 aromatic heterocycles. The van der Waals surface area contributed by atoms with Gasteiger partial charge in [0, 0.05) is 18.8 Å². The maximum Gasteiger partial charge on any atom is 0.0658 e. The monoisotopic (exact) mass is 283 g/mol. The number of benzene rings is 1. The Labute approximate surface area is 127 Å². The van der Waals surface area contributed by atoms with Gasteiger partial charge in [0.25, 0.3) is 0 Å². The van der Waals surface area contributed by atoms with Crippen LogP contribution in [0.3, 0.4) is 0 Å². The quantitative estimate of drug-likeness (QED) is 0.874. The normalized spacial score (nSPS) is 22.1.